The van der Waals surface area contributed by atoms with Gasteiger partial charge in [-0.15, -0.1) is 0 Å². The monoisotopic (exact) mass is 366 g/mol. The number of benzene rings is 1. The molecule has 0 spiro atoms. The van der Waals surface area contributed by atoms with Crippen molar-refractivity contribution < 1.29 is 4.79 Å². The largest absolute Gasteiger partial charge is 0.345 e. The molecule has 2 heterocycles. The van der Waals surface area contributed by atoms with Crippen LogP contribution < -0.4 is 0 Å². The number of rotatable bonds is 6. The Kier molecular flexibility index (Phi) is 6.56. The van der Waals surface area contributed by atoms with Crippen LogP contribution in [0.1, 0.15) is 59.2 Å². The van der Waals surface area contributed by atoms with E-state index in [9.17, 15) is 4.79 Å². The topological polar surface area (TPSA) is 49.3 Å². The summed E-state index contributed by atoms with van der Waals surface area (Å²) in [5.74, 6) is 0.824. The number of amides is 1. The highest BCUT2D eigenvalue weighted by molar-refractivity contribution is 5.94. The summed E-state index contributed by atoms with van der Waals surface area (Å²) in [6.45, 7) is 4.06. The third-order valence-electron chi connectivity index (χ3n) is 5.30. The molecule has 1 saturated heterocycles. The fourth-order valence-corrected chi connectivity index (χ4v) is 3.78. The number of piperidine rings is 1. The maximum atomic E-state index is 12.2. The van der Waals surface area contributed by atoms with E-state index >= 15 is 0 Å². The number of hydrogen-bond acceptors (Lipinski definition) is 4. The second kappa shape index (κ2) is 9.09. The number of aryl methyl sites for hydroxylation is 2. The average molecular weight is 367 g/mol. The second-order valence-corrected chi connectivity index (χ2v) is 7.56. The second-order valence-electron chi connectivity index (χ2n) is 7.56. The van der Waals surface area contributed by atoms with Crippen molar-refractivity contribution in [3.8, 4) is 0 Å². The van der Waals surface area contributed by atoms with Crippen LogP contribution in [-0.4, -0.2) is 52.9 Å². The summed E-state index contributed by atoms with van der Waals surface area (Å²) in [6.07, 6.45) is 7.47. The van der Waals surface area contributed by atoms with Crippen molar-refractivity contribution in [1.82, 2.24) is 19.8 Å². The van der Waals surface area contributed by atoms with Crippen LogP contribution >= 0.6 is 0 Å². The molecule has 0 N–H and O–H groups in total. The molecule has 144 valence electrons. The molecule has 0 unspecified atom stereocenters. The normalized spacial score (nSPS) is 17.7. The van der Waals surface area contributed by atoms with Gasteiger partial charge in [0.15, 0.2) is 0 Å². The first kappa shape index (κ1) is 19.5. The predicted octanol–water partition coefficient (Wildman–Crippen LogP) is 3.65. The van der Waals surface area contributed by atoms with Crippen molar-refractivity contribution >= 4 is 5.91 Å². The number of carbonyl (C=O) groups excluding carboxylic acids is 1. The van der Waals surface area contributed by atoms with Gasteiger partial charge in [0.1, 0.15) is 5.82 Å². The zero-order valence-electron chi connectivity index (χ0n) is 16.7. The molecule has 1 atom stereocenters. The fraction of sp³-hybridized carbons (Fsp3) is 0.500. The molecule has 0 saturated carbocycles. The third kappa shape index (κ3) is 4.92. The first-order valence-corrected chi connectivity index (χ1v) is 9.89. The average Bonchev–Trinajstić information content (AvgIpc) is 2.68. The van der Waals surface area contributed by atoms with Gasteiger partial charge < -0.3 is 4.90 Å². The van der Waals surface area contributed by atoms with Gasteiger partial charge in [0, 0.05) is 20.3 Å². The first-order chi connectivity index (χ1) is 13.1. The van der Waals surface area contributed by atoms with Gasteiger partial charge in [-0.3, -0.25) is 9.69 Å². The van der Waals surface area contributed by atoms with Crippen molar-refractivity contribution in [1.29, 1.82) is 0 Å². The molecular formula is C22H30N4O. The molecule has 0 aliphatic carbocycles. The van der Waals surface area contributed by atoms with Gasteiger partial charge in [-0.1, -0.05) is 36.8 Å². The highest BCUT2D eigenvalue weighted by Gasteiger charge is 2.26. The number of hydrogen-bond donors (Lipinski definition) is 0. The molecule has 1 fully saturated rings. The lowest BCUT2D eigenvalue weighted by molar-refractivity contribution is 0.0825. The van der Waals surface area contributed by atoms with Gasteiger partial charge in [-0.05, 0) is 51.3 Å². The maximum absolute atomic E-state index is 12.2. The molecule has 5 nitrogen and oxygen atoms in total. The highest BCUT2D eigenvalue weighted by Crippen LogP contribution is 2.29. The summed E-state index contributed by atoms with van der Waals surface area (Å²) < 4.78 is 0. The smallest absolute Gasteiger partial charge is 0.256 e. The molecule has 1 aromatic carbocycles. The van der Waals surface area contributed by atoms with Crippen LogP contribution in [-0.2, 0) is 6.42 Å². The molecule has 0 bridgehead atoms. The molecule has 1 aromatic heterocycles. The summed E-state index contributed by atoms with van der Waals surface area (Å²) in [6, 6.07) is 10.9. The highest BCUT2D eigenvalue weighted by atomic mass is 16.2. The van der Waals surface area contributed by atoms with Crippen LogP contribution in [0.5, 0.6) is 0 Å². The summed E-state index contributed by atoms with van der Waals surface area (Å²) >= 11 is 0. The van der Waals surface area contributed by atoms with Gasteiger partial charge >= 0.3 is 0 Å². The van der Waals surface area contributed by atoms with Crippen LogP contribution in [0.25, 0.3) is 0 Å². The third-order valence-corrected chi connectivity index (χ3v) is 5.30. The van der Waals surface area contributed by atoms with Crippen molar-refractivity contribution in [3.05, 3.63) is 59.2 Å². The van der Waals surface area contributed by atoms with Crippen LogP contribution in [0.2, 0.25) is 0 Å². The fourth-order valence-electron chi connectivity index (χ4n) is 3.78. The molecule has 5 heteroatoms. The Morgan fingerprint density at radius 1 is 1.22 bits per heavy atom. The molecule has 27 heavy (non-hydrogen) atoms. The van der Waals surface area contributed by atoms with E-state index in [-0.39, 0.29) is 11.9 Å². The SMILES string of the molecule is Cc1nc([C@@H]2CCCCN2CCCc2ccccc2)ncc1C(=O)N(C)C. The number of nitrogens with zero attached hydrogens (tertiary/aromatic N) is 4. The summed E-state index contributed by atoms with van der Waals surface area (Å²) in [4.78, 5) is 25.6. The Labute approximate surface area is 162 Å². The Balaban J connectivity index is 1.67. The van der Waals surface area contributed by atoms with E-state index in [1.54, 1.807) is 25.2 Å². The van der Waals surface area contributed by atoms with Crippen LogP contribution in [0.15, 0.2) is 36.5 Å². The van der Waals surface area contributed by atoms with E-state index in [2.05, 4.69) is 40.2 Å². The van der Waals surface area contributed by atoms with Gasteiger partial charge in [-0.2, -0.15) is 0 Å². The van der Waals surface area contributed by atoms with Crippen molar-refractivity contribution in [3.63, 3.8) is 0 Å². The minimum absolute atomic E-state index is 0.0394. The Morgan fingerprint density at radius 2 is 2.00 bits per heavy atom. The Bertz CT molecular complexity index is 760. The van der Waals surface area contributed by atoms with Crippen molar-refractivity contribution in [2.75, 3.05) is 27.2 Å². The van der Waals surface area contributed by atoms with E-state index < -0.39 is 0 Å². The zero-order chi connectivity index (χ0) is 19.2. The van der Waals surface area contributed by atoms with Gasteiger partial charge in [0.2, 0.25) is 0 Å². The first-order valence-electron chi connectivity index (χ1n) is 9.89. The molecule has 1 aliphatic rings. The van der Waals surface area contributed by atoms with Gasteiger partial charge in [-0.25, -0.2) is 9.97 Å². The Hall–Kier alpha value is -2.27. The number of likely N-dealkylation sites (tertiary alicyclic amines) is 1. The number of aromatic nitrogens is 2. The van der Waals surface area contributed by atoms with Crippen LogP contribution in [0.3, 0.4) is 0 Å². The summed E-state index contributed by atoms with van der Waals surface area (Å²) in [7, 11) is 3.51. The summed E-state index contributed by atoms with van der Waals surface area (Å²) in [5, 5.41) is 0. The Morgan fingerprint density at radius 3 is 2.70 bits per heavy atom. The van der Waals surface area contributed by atoms with Crippen LogP contribution in [0.4, 0.5) is 0 Å². The maximum Gasteiger partial charge on any atom is 0.256 e. The molecule has 0 radical (unpaired) electrons. The molecular weight excluding hydrogens is 336 g/mol. The van der Waals surface area contributed by atoms with E-state index in [0.29, 0.717) is 5.56 Å². The van der Waals surface area contributed by atoms with E-state index in [1.165, 1.54) is 18.4 Å². The number of carbonyl (C=O) groups is 1. The lowest BCUT2D eigenvalue weighted by Crippen LogP contribution is -2.35. The summed E-state index contributed by atoms with van der Waals surface area (Å²) in [5.41, 5.74) is 2.76. The molecule has 1 aliphatic heterocycles. The molecule has 3 rings (SSSR count). The zero-order valence-corrected chi connectivity index (χ0v) is 16.7. The van der Waals surface area contributed by atoms with E-state index in [0.717, 1.165) is 43.9 Å². The van der Waals surface area contributed by atoms with Gasteiger partial charge in [0.05, 0.1) is 17.3 Å². The standard InChI is InChI=1S/C22H30N4O/c1-17-19(22(27)25(2)3)16-23-21(24-17)20-13-7-8-14-26(20)15-9-12-18-10-5-4-6-11-18/h4-6,10-11,16,20H,7-9,12-15H2,1-3H3/t20-/m0/s1. The quantitative estimate of drug-likeness (QED) is 0.783. The molecule has 1 amide bonds. The van der Waals surface area contributed by atoms with Crippen LogP contribution in [0, 0.1) is 6.92 Å². The molecule has 2 aromatic rings. The van der Waals surface area contributed by atoms with Crippen molar-refractivity contribution in [2.45, 2.75) is 45.1 Å². The van der Waals surface area contributed by atoms with E-state index in [4.69, 9.17) is 4.98 Å². The minimum atomic E-state index is -0.0394. The van der Waals surface area contributed by atoms with Gasteiger partial charge in [0.25, 0.3) is 5.91 Å². The van der Waals surface area contributed by atoms with E-state index in [1.807, 2.05) is 6.92 Å². The van der Waals surface area contributed by atoms with Crippen molar-refractivity contribution in [2.24, 2.45) is 0 Å². The minimum Gasteiger partial charge on any atom is -0.345 e. The lowest BCUT2D eigenvalue weighted by Gasteiger charge is -2.34. The lowest BCUT2D eigenvalue weighted by atomic mass is 10.00. The predicted molar refractivity (Wildman–Crippen MR) is 108 cm³/mol.